The molecule has 3 aliphatic heterocycles. The maximum absolute atomic E-state index is 15.1. The van der Waals surface area contributed by atoms with Crippen LogP contribution in [0, 0.1) is 11.8 Å². The van der Waals surface area contributed by atoms with Crippen LogP contribution in [0.25, 0.3) is 21.9 Å². The van der Waals surface area contributed by atoms with Crippen molar-refractivity contribution in [3.05, 3.63) is 94.0 Å². The standard InChI is InChI=1S/C54H64N11O15PS/c1-62-44-25-34(10-16-41(44)65(54(62)75)43-18-20-46(67)61-50(43)71)56-26-29-3-7-31(8-4-29)51(72)63-22-21-35-11-17-42(49(70)59-38(15-19-45(55)66)47(68)57-27-30-5-12-36(13-6-30)82(2,79)80)64(35)52(73)40(28-63)60-48(69)39-24-33-23-32(9-14-37(33)58-39)53(74)81(76,77)78/h5-6,9-10,12-14,16,23-25,29,31,35,38,40,42-43,56,58H,3-4,7-8,11,15,17-22,26-28H2,1-2H3,(H2,55,66)(H,57,68)(H,59,70)(H,60,69)(H,61,67,71)(H2,76,77,78)/t29?,31?,35-,38+,40+,42+,43?/m1/s1. The summed E-state index contributed by atoms with van der Waals surface area (Å²) in [6.45, 7) is 0.371. The van der Waals surface area contributed by atoms with Crippen LogP contribution >= 0.6 is 7.60 Å². The highest BCUT2D eigenvalue weighted by atomic mass is 32.2. The Kier molecular flexibility index (Phi) is 17.0. The van der Waals surface area contributed by atoms with Crippen molar-refractivity contribution in [2.45, 2.75) is 112 Å². The monoisotopic (exact) mass is 1170 g/mol. The molecule has 5 aromatic rings. The Balaban J connectivity index is 0.891. The number of H-pyrrole nitrogens is 1. The SMILES string of the molecule is Cn1c(=O)n(C2CCC(=O)NC2=O)c2ccc(NCC3CCC(C(=O)N4CC[C@H]5CC[C@@H](C(=O)N[C@@H](CCC(N)=O)C(=O)NCc6ccc(S(C)(=O)=O)cc6)N5C(=O)[C@@H](NC(=O)c5cc6cc(C(=O)P(=O)(O)O)ccc6[nH]5)C4)CC3)cc21. The van der Waals surface area contributed by atoms with Crippen molar-refractivity contribution in [3.63, 3.8) is 0 Å². The molecule has 8 amide bonds. The fourth-order valence-corrected chi connectivity index (χ4v) is 12.7. The summed E-state index contributed by atoms with van der Waals surface area (Å²) >= 11 is 0. The van der Waals surface area contributed by atoms with E-state index >= 15 is 4.79 Å². The zero-order valence-electron chi connectivity index (χ0n) is 44.9. The second-order valence-electron chi connectivity index (χ2n) is 21.6. The lowest BCUT2D eigenvalue weighted by Gasteiger charge is -2.40. The predicted molar refractivity (Wildman–Crippen MR) is 295 cm³/mol. The number of nitrogens with one attached hydrogen (secondary N) is 6. The first-order valence-electron chi connectivity index (χ1n) is 26.9. The van der Waals surface area contributed by atoms with E-state index in [0.717, 1.165) is 11.9 Å². The summed E-state index contributed by atoms with van der Waals surface area (Å²) in [7, 11) is -7.00. The average Bonchev–Trinajstić information content (AvgIpc) is 4.36. The van der Waals surface area contributed by atoms with Crippen LogP contribution in [0.2, 0.25) is 0 Å². The first-order valence-corrected chi connectivity index (χ1v) is 30.4. The molecule has 3 saturated heterocycles. The van der Waals surface area contributed by atoms with Crippen LogP contribution in [0.5, 0.6) is 0 Å². The largest absolute Gasteiger partial charge is 0.396 e. The summed E-state index contributed by atoms with van der Waals surface area (Å²) in [5, 5.41) is 14.2. The van der Waals surface area contributed by atoms with Crippen LogP contribution in [-0.2, 0) is 61.6 Å². The number of nitrogens with two attached hydrogens (primary N) is 1. The van der Waals surface area contributed by atoms with Crippen molar-refractivity contribution >= 4 is 97.8 Å². The number of aryl methyl sites for hydroxylation is 1. The van der Waals surface area contributed by atoms with Gasteiger partial charge >= 0.3 is 13.3 Å². The molecule has 3 aromatic carbocycles. The summed E-state index contributed by atoms with van der Waals surface area (Å²) in [4.78, 5) is 159. The highest BCUT2D eigenvalue weighted by molar-refractivity contribution is 7.90. The van der Waals surface area contributed by atoms with E-state index in [1.54, 1.807) is 18.0 Å². The van der Waals surface area contributed by atoms with E-state index in [1.807, 2.05) is 12.1 Å². The Morgan fingerprint density at radius 2 is 1.60 bits per heavy atom. The molecule has 5 heterocycles. The molecule has 1 saturated carbocycles. The minimum absolute atomic E-state index is 0.0593. The fraction of sp³-hybridized carbons (Fsp3) is 0.444. The van der Waals surface area contributed by atoms with Gasteiger partial charge < -0.3 is 51.6 Å². The summed E-state index contributed by atoms with van der Waals surface area (Å²) in [6, 6.07) is 11.1. The number of amides is 8. The third-order valence-electron chi connectivity index (χ3n) is 16.0. The molecule has 82 heavy (non-hydrogen) atoms. The minimum atomic E-state index is -5.14. The number of fused-ring (bicyclic) bond motifs is 3. The van der Waals surface area contributed by atoms with Crippen LogP contribution in [0.15, 0.2) is 76.4 Å². The van der Waals surface area contributed by atoms with Crippen molar-refractivity contribution in [1.82, 2.24) is 45.2 Å². The second kappa shape index (κ2) is 23.8. The van der Waals surface area contributed by atoms with Crippen molar-refractivity contribution in [3.8, 4) is 0 Å². The molecule has 0 bridgehead atoms. The third-order valence-corrected chi connectivity index (χ3v) is 17.9. The number of rotatable bonds is 18. The molecule has 1 unspecified atom stereocenters. The number of carbonyl (C=O) groups excluding carboxylic acids is 9. The number of carbonyl (C=O) groups is 9. The van der Waals surface area contributed by atoms with E-state index in [2.05, 4.69) is 31.6 Å². The number of aromatic amines is 1. The number of nitrogens with zero attached hydrogens (tertiary/aromatic N) is 4. The maximum atomic E-state index is 15.1. The number of imidazole rings is 1. The number of piperidine rings is 1. The summed E-state index contributed by atoms with van der Waals surface area (Å²) in [5.74, 6) is -5.00. The average molecular weight is 1170 g/mol. The number of imide groups is 1. The van der Waals surface area contributed by atoms with Gasteiger partial charge in [-0.2, -0.15) is 0 Å². The zero-order chi connectivity index (χ0) is 58.9. The first-order chi connectivity index (χ1) is 38.8. The summed E-state index contributed by atoms with van der Waals surface area (Å²) in [5.41, 5.74) is 6.03. The topological polar surface area (TPSA) is 381 Å². The molecule has 26 nitrogen and oxygen atoms in total. The molecule has 28 heteroatoms. The highest BCUT2D eigenvalue weighted by Gasteiger charge is 2.47. The van der Waals surface area contributed by atoms with Gasteiger partial charge in [0.15, 0.2) is 9.84 Å². The number of primary amides is 1. The molecular formula is C54H64N11O15PS. The van der Waals surface area contributed by atoms with Gasteiger partial charge in [0.1, 0.15) is 29.9 Å². The van der Waals surface area contributed by atoms with E-state index in [0.29, 0.717) is 60.8 Å². The lowest BCUT2D eigenvalue weighted by atomic mass is 9.81. The van der Waals surface area contributed by atoms with Crippen LogP contribution < -0.4 is 38.0 Å². The molecular weight excluding hydrogens is 1110 g/mol. The molecule has 4 aliphatic rings. The van der Waals surface area contributed by atoms with Gasteiger partial charge in [0.2, 0.25) is 41.4 Å². The van der Waals surface area contributed by atoms with Crippen molar-refractivity contribution < 1.29 is 65.9 Å². The van der Waals surface area contributed by atoms with E-state index in [4.69, 9.17) is 5.73 Å². The number of sulfone groups is 1. The molecule has 9 rings (SSSR count). The fourth-order valence-electron chi connectivity index (χ4n) is 11.6. The Labute approximate surface area is 469 Å². The Bertz CT molecular complexity index is 3640. The second-order valence-corrected chi connectivity index (χ2v) is 25.1. The number of hydrogen-bond donors (Lipinski definition) is 9. The highest BCUT2D eigenvalue weighted by Crippen LogP contribution is 2.40. The van der Waals surface area contributed by atoms with Crippen molar-refractivity contribution in [2.24, 2.45) is 24.6 Å². The number of aromatic nitrogens is 3. The molecule has 10 N–H and O–H groups in total. The molecule has 2 aromatic heterocycles. The van der Waals surface area contributed by atoms with E-state index in [-0.39, 0.29) is 103 Å². The minimum Gasteiger partial charge on any atom is -0.385 e. The lowest BCUT2D eigenvalue weighted by molar-refractivity contribution is -0.147. The van der Waals surface area contributed by atoms with E-state index < -0.39 is 94.5 Å². The Morgan fingerprint density at radius 1 is 0.866 bits per heavy atom. The van der Waals surface area contributed by atoms with Gasteiger partial charge in [0, 0.05) is 86.4 Å². The Hall–Kier alpha value is -8.00. The van der Waals surface area contributed by atoms with Gasteiger partial charge in [-0.15, -0.1) is 0 Å². The lowest BCUT2D eigenvalue weighted by Crippen LogP contribution is -2.62. The maximum Gasteiger partial charge on any atom is 0.396 e. The molecule has 1 aliphatic carbocycles. The molecule has 0 spiro atoms. The summed E-state index contributed by atoms with van der Waals surface area (Å²) < 4.78 is 38.6. The van der Waals surface area contributed by atoms with E-state index in [9.17, 15) is 65.9 Å². The van der Waals surface area contributed by atoms with Gasteiger partial charge in [-0.3, -0.25) is 62.2 Å². The predicted octanol–water partition coefficient (Wildman–Crippen LogP) is 1.20. The van der Waals surface area contributed by atoms with Crippen molar-refractivity contribution in [2.75, 3.05) is 31.2 Å². The zero-order valence-corrected chi connectivity index (χ0v) is 46.6. The van der Waals surface area contributed by atoms with Crippen LogP contribution in [0.4, 0.5) is 5.69 Å². The normalized spacial score (nSPS) is 21.9. The number of hydrogen-bond acceptors (Lipinski definition) is 14. The Morgan fingerprint density at radius 3 is 2.28 bits per heavy atom. The van der Waals surface area contributed by atoms with Gasteiger partial charge in [-0.25, -0.2) is 13.2 Å². The smallest absolute Gasteiger partial charge is 0.385 e. The van der Waals surface area contributed by atoms with Gasteiger partial charge in [-0.1, -0.05) is 12.1 Å². The quantitative estimate of drug-likeness (QED) is 0.0440. The third kappa shape index (κ3) is 12.9. The van der Waals surface area contributed by atoms with Gasteiger partial charge in [-0.05, 0) is 124 Å². The number of anilines is 1. The first kappa shape index (κ1) is 58.6. The molecule has 0 radical (unpaired) electrons. The molecule has 5 atom stereocenters. The van der Waals surface area contributed by atoms with Crippen LogP contribution in [0.1, 0.15) is 103 Å². The summed E-state index contributed by atoms with van der Waals surface area (Å²) in [6.07, 6.45) is 4.05. The molecule has 436 valence electrons. The number of benzene rings is 3. The van der Waals surface area contributed by atoms with E-state index in [1.165, 1.54) is 62.6 Å². The van der Waals surface area contributed by atoms with Crippen molar-refractivity contribution in [1.29, 1.82) is 0 Å². The van der Waals surface area contributed by atoms with Gasteiger partial charge in [0.05, 0.1) is 15.9 Å². The van der Waals surface area contributed by atoms with Crippen LogP contribution in [-0.4, -0.2) is 145 Å². The van der Waals surface area contributed by atoms with Gasteiger partial charge in [0.25, 0.3) is 11.4 Å². The van der Waals surface area contributed by atoms with Crippen LogP contribution in [0.3, 0.4) is 0 Å². The molecule has 4 fully saturated rings.